The summed E-state index contributed by atoms with van der Waals surface area (Å²) in [4.78, 5) is 8.42. The van der Waals surface area contributed by atoms with Crippen LogP contribution in [-0.4, -0.2) is 20.7 Å². The highest BCUT2D eigenvalue weighted by Gasteiger charge is 2.32. The van der Waals surface area contributed by atoms with Crippen LogP contribution in [-0.2, 0) is 5.88 Å². The van der Waals surface area contributed by atoms with Crippen LogP contribution in [0.5, 0.6) is 0 Å². The van der Waals surface area contributed by atoms with Gasteiger partial charge in [-0.1, -0.05) is 0 Å². The lowest BCUT2D eigenvalue weighted by atomic mass is 10.2. The van der Waals surface area contributed by atoms with E-state index >= 15 is 0 Å². The third-order valence-corrected chi connectivity index (χ3v) is 3.18. The van der Waals surface area contributed by atoms with Crippen molar-refractivity contribution in [1.82, 2.24) is 14.5 Å². The Morgan fingerprint density at radius 1 is 1.42 bits per heavy atom. The van der Waals surface area contributed by atoms with Gasteiger partial charge < -0.3 is 4.57 Å². The first-order chi connectivity index (χ1) is 8.83. The second-order valence-electron chi connectivity index (χ2n) is 4.50. The number of imidazole rings is 1. The van der Waals surface area contributed by atoms with Gasteiger partial charge in [0.05, 0.1) is 12.3 Å². The minimum Gasteiger partial charge on any atom is -0.309 e. The number of fused-ring (bicyclic) bond motifs is 1. The molecule has 0 aromatic carbocycles. The van der Waals surface area contributed by atoms with Crippen LogP contribution in [0.4, 0.5) is 13.2 Å². The van der Waals surface area contributed by atoms with Crippen molar-refractivity contribution in [3.8, 4) is 0 Å². The molecule has 0 spiro atoms. The van der Waals surface area contributed by atoms with Gasteiger partial charge in [0.15, 0.2) is 5.65 Å². The summed E-state index contributed by atoms with van der Waals surface area (Å²) in [6.45, 7) is 3.34. The van der Waals surface area contributed by atoms with Crippen LogP contribution in [0.2, 0.25) is 0 Å². The Kier molecular flexibility index (Phi) is 3.71. The van der Waals surface area contributed by atoms with E-state index in [1.807, 2.05) is 6.92 Å². The molecule has 0 fully saturated rings. The summed E-state index contributed by atoms with van der Waals surface area (Å²) in [5, 5.41) is 0. The quantitative estimate of drug-likeness (QED) is 0.801. The van der Waals surface area contributed by atoms with E-state index in [-0.39, 0.29) is 5.88 Å². The highest BCUT2D eigenvalue weighted by atomic mass is 35.5. The molecule has 0 radical (unpaired) electrons. The Morgan fingerprint density at radius 2 is 2.11 bits per heavy atom. The first-order valence-electron chi connectivity index (χ1n) is 5.78. The molecule has 0 amide bonds. The summed E-state index contributed by atoms with van der Waals surface area (Å²) >= 11 is 5.78. The minimum absolute atomic E-state index is 0.0536. The van der Waals surface area contributed by atoms with E-state index in [9.17, 15) is 13.2 Å². The maximum atomic E-state index is 12.5. The van der Waals surface area contributed by atoms with Gasteiger partial charge in [-0.25, -0.2) is 9.97 Å². The van der Waals surface area contributed by atoms with Crippen molar-refractivity contribution in [2.45, 2.75) is 38.4 Å². The van der Waals surface area contributed by atoms with Crippen molar-refractivity contribution >= 4 is 22.8 Å². The Labute approximate surface area is 113 Å². The molecule has 1 atom stereocenters. The largest absolute Gasteiger partial charge is 0.391 e. The Hall–Kier alpha value is -1.30. The molecule has 0 saturated heterocycles. The number of aromatic nitrogens is 3. The second-order valence-corrected chi connectivity index (χ2v) is 4.77. The van der Waals surface area contributed by atoms with Crippen molar-refractivity contribution in [3.05, 3.63) is 23.7 Å². The van der Waals surface area contributed by atoms with Crippen LogP contribution in [0.25, 0.3) is 11.2 Å². The average molecular weight is 292 g/mol. The standard InChI is InChI=1S/C12H13ClF3N3/c1-7-3-4-17-11-10(7)18-9(6-13)19(11)8(2)5-12(14,15)16/h3-4,8H,5-6H2,1-2H3. The fraction of sp³-hybridized carbons (Fsp3) is 0.500. The topological polar surface area (TPSA) is 30.7 Å². The van der Waals surface area contributed by atoms with Crippen LogP contribution in [0.15, 0.2) is 12.3 Å². The van der Waals surface area contributed by atoms with Gasteiger partial charge in [-0.15, -0.1) is 11.6 Å². The molecule has 104 valence electrons. The summed E-state index contributed by atoms with van der Waals surface area (Å²) in [5.41, 5.74) is 1.92. The normalized spacial score (nSPS) is 14.0. The first kappa shape index (κ1) is 14.1. The molecule has 7 heteroatoms. The van der Waals surface area contributed by atoms with E-state index in [0.717, 1.165) is 5.56 Å². The Balaban J connectivity index is 2.55. The van der Waals surface area contributed by atoms with Gasteiger partial charge in [-0.3, -0.25) is 0 Å². The van der Waals surface area contributed by atoms with E-state index in [4.69, 9.17) is 11.6 Å². The van der Waals surface area contributed by atoms with Gasteiger partial charge in [0.1, 0.15) is 11.3 Å². The maximum Gasteiger partial charge on any atom is 0.391 e. The number of nitrogens with zero attached hydrogens (tertiary/aromatic N) is 3. The molecule has 3 nitrogen and oxygen atoms in total. The van der Waals surface area contributed by atoms with Crippen LogP contribution in [0, 0.1) is 6.92 Å². The predicted molar refractivity (Wildman–Crippen MR) is 67.2 cm³/mol. The number of pyridine rings is 1. The summed E-state index contributed by atoms with van der Waals surface area (Å²) in [6, 6.07) is 0.986. The molecular weight excluding hydrogens is 279 g/mol. The van der Waals surface area contributed by atoms with Gasteiger partial charge in [0.25, 0.3) is 0 Å². The average Bonchev–Trinajstić information content (AvgIpc) is 2.66. The maximum absolute atomic E-state index is 12.5. The molecule has 19 heavy (non-hydrogen) atoms. The highest BCUT2D eigenvalue weighted by Crippen LogP contribution is 2.31. The Morgan fingerprint density at radius 3 is 2.68 bits per heavy atom. The number of hydrogen-bond donors (Lipinski definition) is 0. The highest BCUT2D eigenvalue weighted by molar-refractivity contribution is 6.16. The number of aryl methyl sites for hydroxylation is 1. The van der Waals surface area contributed by atoms with Crippen LogP contribution in [0.3, 0.4) is 0 Å². The summed E-state index contributed by atoms with van der Waals surface area (Å²) in [7, 11) is 0. The summed E-state index contributed by atoms with van der Waals surface area (Å²) in [6.07, 6.45) is -3.60. The van der Waals surface area contributed by atoms with Crippen molar-refractivity contribution < 1.29 is 13.2 Å². The lowest BCUT2D eigenvalue weighted by Crippen LogP contribution is -2.18. The van der Waals surface area contributed by atoms with Gasteiger partial charge in [-0.2, -0.15) is 13.2 Å². The minimum atomic E-state index is -4.23. The second kappa shape index (κ2) is 5.00. The molecular formula is C12H13ClF3N3. The zero-order valence-corrected chi connectivity index (χ0v) is 11.3. The lowest BCUT2D eigenvalue weighted by molar-refractivity contribution is -0.141. The molecule has 1 unspecified atom stereocenters. The smallest absolute Gasteiger partial charge is 0.309 e. The van der Waals surface area contributed by atoms with Crippen molar-refractivity contribution in [2.75, 3.05) is 0 Å². The third kappa shape index (κ3) is 2.83. The fourth-order valence-electron chi connectivity index (χ4n) is 2.14. The van der Waals surface area contributed by atoms with E-state index in [2.05, 4.69) is 9.97 Å². The SMILES string of the molecule is Cc1ccnc2c1nc(CCl)n2C(C)CC(F)(F)F. The predicted octanol–water partition coefficient (Wildman–Crippen LogP) is 3.99. The van der Waals surface area contributed by atoms with E-state index < -0.39 is 18.6 Å². The lowest BCUT2D eigenvalue weighted by Gasteiger charge is -2.18. The fourth-order valence-corrected chi connectivity index (χ4v) is 2.33. The molecule has 0 aliphatic rings. The summed E-state index contributed by atoms with van der Waals surface area (Å²) in [5.74, 6) is 0.466. The zero-order valence-electron chi connectivity index (χ0n) is 10.5. The van der Waals surface area contributed by atoms with Crippen molar-refractivity contribution in [1.29, 1.82) is 0 Å². The van der Waals surface area contributed by atoms with Crippen molar-refractivity contribution in [3.63, 3.8) is 0 Å². The number of hydrogen-bond acceptors (Lipinski definition) is 2. The van der Waals surface area contributed by atoms with E-state index in [1.165, 1.54) is 11.5 Å². The summed E-state index contributed by atoms with van der Waals surface area (Å²) < 4.78 is 39.1. The third-order valence-electron chi connectivity index (χ3n) is 2.94. The molecule has 2 heterocycles. The van der Waals surface area contributed by atoms with Gasteiger partial charge in [0, 0.05) is 12.2 Å². The van der Waals surface area contributed by atoms with Crippen LogP contribution in [0.1, 0.15) is 30.8 Å². The van der Waals surface area contributed by atoms with Gasteiger partial charge in [0.2, 0.25) is 0 Å². The number of alkyl halides is 4. The molecule has 2 aromatic heterocycles. The van der Waals surface area contributed by atoms with Crippen molar-refractivity contribution in [2.24, 2.45) is 0 Å². The molecule has 2 rings (SSSR count). The molecule has 0 N–H and O–H groups in total. The van der Waals surface area contributed by atoms with Gasteiger partial charge in [-0.05, 0) is 25.5 Å². The van der Waals surface area contributed by atoms with E-state index in [0.29, 0.717) is 17.0 Å². The molecule has 2 aromatic rings. The zero-order chi connectivity index (χ0) is 14.2. The molecule has 0 saturated carbocycles. The van der Waals surface area contributed by atoms with Crippen LogP contribution < -0.4 is 0 Å². The molecule has 0 aliphatic carbocycles. The molecule has 0 aliphatic heterocycles. The Bertz CT molecular complexity index is 592. The number of halogens is 4. The van der Waals surface area contributed by atoms with Crippen LogP contribution >= 0.6 is 11.6 Å². The first-order valence-corrected chi connectivity index (χ1v) is 6.32. The van der Waals surface area contributed by atoms with E-state index in [1.54, 1.807) is 12.3 Å². The molecule has 0 bridgehead atoms. The number of rotatable bonds is 3. The van der Waals surface area contributed by atoms with Gasteiger partial charge >= 0.3 is 6.18 Å². The monoisotopic (exact) mass is 291 g/mol.